The third kappa shape index (κ3) is 2.46. The average molecular weight is 281 g/mol. The van der Waals surface area contributed by atoms with Gasteiger partial charge in [-0.2, -0.15) is 0 Å². The largest absolute Gasteiger partial charge is 0.356 e. The summed E-state index contributed by atoms with van der Waals surface area (Å²) < 4.78 is 0. The molecule has 0 atom stereocenters. The molecule has 1 aliphatic heterocycles. The lowest BCUT2D eigenvalue weighted by Crippen LogP contribution is -2.29. The number of pyridine rings is 1. The Morgan fingerprint density at radius 3 is 2.71 bits per heavy atom. The van der Waals surface area contributed by atoms with Crippen LogP contribution in [0.5, 0.6) is 0 Å². The first-order valence-corrected chi connectivity index (χ1v) is 7.77. The van der Waals surface area contributed by atoms with Gasteiger partial charge in [0.2, 0.25) is 0 Å². The summed E-state index contributed by atoms with van der Waals surface area (Å²) in [6.45, 7) is 1.99. The van der Waals surface area contributed by atoms with E-state index in [4.69, 9.17) is 4.98 Å². The van der Waals surface area contributed by atoms with Crippen LogP contribution in [-0.2, 0) is 0 Å². The van der Waals surface area contributed by atoms with Crippen LogP contribution < -0.4 is 10.2 Å². The van der Waals surface area contributed by atoms with Crippen LogP contribution >= 0.6 is 0 Å². The predicted octanol–water partition coefficient (Wildman–Crippen LogP) is 2.73. The minimum absolute atomic E-state index is 0.0256. The summed E-state index contributed by atoms with van der Waals surface area (Å²) >= 11 is 0. The number of hydrogen-bond acceptors (Lipinski definition) is 3. The highest BCUT2D eigenvalue weighted by molar-refractivity contribution is 6.02. The van der Waals surface area contributed by atoms with Crippen molar-refractivity contribution in [3.8, 4) is 0 Å². The summed E-state index contributed by atoms with van der Waals surface area (Å²) in [4.78, 5) is 19.6. The molecule has 108 valence electrons. The molecule has 2 aromatic rings. The normalized spacial score (nSPS) is 18.2. The van der Waals surface area contributed by atoms with E-state index in [9.17, 15) is 4.79 Å². The number of benzene rings is 1. The van der Waals surface area contributed by atoms with Crippen LogP contribution in [0, 0.1) is 0 Å². The third-order valence-corrected chi connectivity index (χ3v) is 4.27. The summed E-state index contributed by atoms with van der Waals surface area (Å²) in [6, 6.07) is 10.4. The molecule has 0 radical (unpaired) electrons. The van der Waals surface area contributed by atoms with Gasteiger partial charge in [-0.15, -0.1) is 0 Å². The van der Waals surface area contributed by atoms with E-state index in [1.54, 1.807) is 0 Å². The molecule has 21 heavy (non-hydrogen) atoms. The summed E-state index contributed by atoms with van der Waals surface area (Å²) in [5.41, 5.74) is 1.69. The Morgan fingerprint density at radius 1 is 1.19 bits per heavy atom. The van der Waals surface area contributed by atoms with Crippen molar-refractivity contribution in [2.75, 3.05) is 18.0 Å². The molecule has 4 nitrogen and oxygen atoms in total. The van der Waals surface area contributed by atoms with Gasteiger partial charge >= 0.3 is 0 Å². The summed E-state index contributed by atoms with van der Waals surface area (Å²) in [5.74, 6) is 0.877. The fourth-order valence-electron chi connectivity index (χ4n) is 2.93. The molecule has 1 aliphatic carbocycles. The Morgan fingerprint density at radius 2 is 1.95 bits per heavy atom. The molecule has 4 rings (SSSR count). The van der Waals surface area contributed by atoms with E-state index < -0.39 is 0 Å². The molecule has 0 spiro atoms. The summed E-state index contributed by atoms with van der Waals surface area (Å²) in [5, 5.41) is 4.12. The standard InChI is InChI=1S/C17H19N3O/c21-17(18-13-7-8-13)14-11-12-5-1-2-6-15(12)19-16(14)20-9-3-4-10-20/h1-2,5-6,11,13H,3-4,7-10H2,(H,18,21). The van der Waals surface area contributed by atoms with Crippen LogP contribution in [0.2, 0.25) is 0 Å². The Bertz CT molecular complexity index is 687. The third-order valence-electron chi connectivity index (χ3n) is 4.27. The molecule has 4 heteroatoms. The second-order valence-corrected chi connectivity index (χ2v) is 5.99. The zero-order chi connectivity index (χ0) is 14.2. The highest BCUT2D eigenvalue weighted by Crippen LogP contribution is 2.27. The van der Waals surface area contributed by atoms with Crippen molar-refractivity contribution in [3.63, 3.8) is 0 Å². The number of aromatic nitrogens is 1. The lowest BCUT2D eigenvalue weighted by atomic mass is 10.1. The van der Waals surface area contributed by atoms with Gasteiger partial charge in [0, 0.05) is 24.5 Å². The van der Waals surface area contributed by atoms with Gasteiger partial charge in [-0.25, -0.2) is 4.98 Å². The van der Waals surface area contributed by atoms with E-state index in [0.717, 1.165) is 48.2 Å². The van der Waals surface area contributed by atoms with Crippen LogP contribution in [0.1, 0.15) is 36.0 Å². The van der Waals surface area contributed by atoms with Gasteiger partial charge in [0.05, 0.1) is 11.1 Å². The van der Waals surface area contributed by atoms with Crippen molar-refractivity contribution >= 4 is 22.6 Å². The molecule has 1 aromatic carbocycles. The molecule has 1 saturated heterocycles. The summed E-state index contributed by atoms with van der Waals surface area (Å²) in [7, 11) is 0. The zero-order valence-electron chi connectivity index (χ0n) is 12.0. The average Bonchev–Trinajstić information content (AvgIpc) is 3.16. The van der Waals surface area contributed by atoms with Gasteiger partial charge in [-0.05, 0) is 37.8 Å². The second-order valence-electron chi connectivity index (χ2n) is 5.99. The van der Waals surface area contributed by atoms with Gasteiger partial charge in [-0.3, -0.25) is 4.79 Å². The number of rotatable bonds is 3. The predicted molar refractivity (Wildman–Crippen MR) is 83.7 cm³/mol. The molecule has 2 fully saturated rings. The molecule has 0 unspecified atom stereocenters. The highest BCUT2D eigenvalue weighted by Gasteiger charge is 2.27. The lowest BCUT2D eigenvalue weighted by molar-refractivity contribution is 0.0951. The smallest absolute Gasteiger partial charge is 0.255 e. The molecular weight excluding hydrogens is 262 g/mol. The number of anilines is 1. The van der Waals surface area contributed by atoms with Gasteiger partial charge < -0.3 is 10.2 Å². The Balaban J connectivity index is 1.79. The Kier molecular flexibility index (Phi) is 3.02. The minimum Gasteiger partial charge on any atom is -0.356 e. The first-order valence-electron chi connectivity index (χ1n) is 7.77. The van der Waals surface area contributed by atoms with E-state index in [-0.39, 0.29) is 5.91 Å². The van der Waals surface area contributed by atoms with E-state index in [2.05, 4.69) is 10.2 Å². The fraction of sp³-hybridized carbons (Fsp3) is 0.412. The van der Waals surface area contributed by atoms with Gasteiger partial charge in [0.15, 0.2) is 0 Å². The number of carbonyl (C=O) groups is 1. The van der Waals surface area contributed by atoms with E-state index in [1.165, 1.54) is 12.8 Å². The van der Waals surface area contributed by atoms with Crippen LogP contribution in [0.25, 0.3) is 10.9 Å². The van der Waals surface area contributed by atoms with Crippen molar-refractivity contribution in [2.24, 2.45) is 0 Å². The second kappa shape index (κ2) is 5.02. The number of para-hydroxylation sites is 1. The molecule has 2 aliphatic rings. The van der Waals surface area contributed by atoms with Crippen LogP contribution in [0.4, 0.5) is 5.82 Å². The highest BCUT2D eigenvalue weighted by atomic mass is 16.1. The Labute approximate surface area is 124 Å². The molecular formula is C17H19N3O. The van der Waals surface area contributed by atoms with Crippen molar-refractivity contribution in [2.45, 2.75) is 31.7 Å². The maximum Gasteiger partial charge on any atom is 0.255 e. The molecule has 1 saturated carbocycles. The number of amides is 1. The number of carbonyl (C=O) groups excluding carboxylic acids is 1. The van der Waals surface area contributed by atoms with Crippen LogP contribution in [-0.4, -0.2) is 30.0 Å². The molecule has 1 aromatic heterocycles. The molecule has 2 heterocycles. The van der Waals surface area contributed by atoms with Crippen molar-refractivity contribution in [1.82, 2.24) is 10.3 Å². The van der Waals surface area contributed by atoms with Crippen LogP contribution in [0.15, 0.2) is 30.3 Å². The quantitative estimate of drug-likeness (QED) is 0.941. The van der Waals surface area contributed by atoms with Crippen molar-refractivity contribution < 1.29 is 4.79 Å². The molecule has 0 bridgehead atoms. The first-order chi connectivity index (χ1) is 10.3. The molecule has 1 N–H and O–H groups in total. The topological polar surface area (TPSA) is 45.2 Å². The lowest BCUT2D eigenvalue weighted by Gasteiger charge is -2.20. The number of nitrogens with one attached hydrogen (secondary N) is 1. The monoisotopic (exact) mass is 281 g/mol. The maximum absolute atomic E-state index is 12.5. The maximum atomic E-state index is 12.5. The zero-order valence-corrected chi connectivity index (χ0v) is 12.0. The van der Waals surface area contributed by atoms with Gasteiger partial charge in [0.1, 0.15) is 5.82 Å². The number of nitrogens with zero attached hydrogens (tertiary/aromatic N) is 2. The molecule has 1 amide bonds. The Hall–Kier alpha value is -2.10. The summed E-state index contributed by atoms with van der Waals surface area (Å²) in [6.07, 6.45) is 4.56. The van der Waals surface area contributed by atoms with Crippen molar-refractivity contribution in [1.29, 1.82) is 0 Å². The van der Waals surface area contributed by atoms with Crippen LogP contribution in [0.3, 0.4) is 0 Å². The van der Waals surface area contributed by atoms with E-state index in [1.807, 2.05) is 30.3 Å². The van der Waals surface area contributed by atoms with Gasteiger partial charge in [-0.1, -0.05) is 18.2 Å². The van der Waals surface area contributed by atoms with E-state index >= 15 is 0 Å². The van der Waals surface area contributed by atoms with Crippen molar-refractivity contribution in [3.05, 3.63) is 35.9 Å². The fourth-order valence-corrected chi connectivity index (χ4v) is 2.93. The minimum atomic E-state index is 0.0256. The first kappa shape index (κ1) is 12.6. The van der Waals surface area contributed by atoms with E-state index in [0.29, 0.717) is 6.04 Å². The number of fused-ring (bicyclic) bond motifs is 1. The SMILES string of the molecule is O=C(NC1CC1)c1cc2ccccc2nc1N1CCCC1. The number of hydrogen-bond donors (Lipinski definition) is 1. The van der Waals surface area contributed by atoms with Gasteiger partial charge in [0.25, 0.3) is 5.91 Å².